The van der Waals surface area contributed by atoms with Gasteiger partial charge in [0.1, 0.15) is 0 Å². The number of amides is 1. The van der Waals surface area contributed by atoms with Gasteiger partial charge < -0.3 is 5.32 Å². The number of nitrogens with zero attached hydrogens (tertiary/aromatic N) is 1. The summed E-state index contributed by atoms with van der Waals surface area (Å²) in [7, 11) is 0. The Morgan fingerprint density at radius 2 is 1.79 bits per heavy atom. The number of aromatic nitrogens is 1. The maximum atomic E-state index is 12.6. The first-order valence-corrected chi connectivity index (χ1v) is 11.2. The van der Waals surface area contributed by atoms with Crippen LogP contribution in [-0.2, 0) is 12.3 Å². The number of thiazole rings is 1. The molecule has 0 saturated carbocycles. The lowest BCUT2D eigenvalue weighted by molar-refractivity contribution is 0.102. The molecule has 0 saturated heterocycles. The van der Waals surface area contributed by atoms with E-state index in [0.29, 0.717) is 17.8 Å². The molecule has 29 heavy (non-hydrogen) atoms. The second kappa shape index (κ2) is 8.68. The van der Waals surface area contributed by atoms with Crippen molar-refractivity contribution in [3.8, 4) is 0 Å². The SMILES string of the molecule is CCn1c(=O)sc2cc(NC(=O)c3ccc(CSc4ccccc4)cc3)ccc21. The van der Waals surface area contributed by atoms with Gasteiger partial charge in [0.2, 0.25) is 0 Å². The fourth-order valence-electron chi connectivity index (χ4n) is 3.08. The lowest BCUT2D eigenvalue weighted by Gasteiger charge is -2.07. The molecule has 1 N–H and O–H groups in total. The van der Waals surface area contributed by atoms with E-state index in [2.05, 4.69) is 17.4 Å². The second-order valence-corrected chi connectivity index (χ2v) is 8.59. The monoisotopic (exact) mass is 420 g/mol. The van der Waals surface area contributed by atoms with Crippen LogP contribution in [0, 0.1) is 0 Å². The Bertz CT molecular complexity index is 1200. The molecule has 4 aromatic rings. The van der Waals surface area contributed by atoms with E-state index in [-0.39, 0.29) is 10.8 Å². The standard InChI is InChI=1S/C23H20N2O2S2/c1-2-25-20-13-12-18(14-21(20)29-23(25)27)24-22(26)17-10-8-16(9-11-17)15-28-19-6-4-3-5-7-19/h3-14H,2,15H2,1H3,(H,24,26). The molecule has 0 aliphatic carbocycles. The molecule has 1 amide bonds. The van der Waals surface area contributed by atoms with Crippen molar-refractivity contribution in [1.82, 2.24) is 4.57 Å². The summed E-state index contributed by atoms with van der Waals surface area (Å²) < 4.78 is 2.61. The van der Waals surface area contributed by atoms with Crippen molar-refractivity contribution < 1.29 is 4.79 Å². The molecule has 0 fully saturated rings. The molecule has 6 heteroatoms. The molecule has 0 aliphatic rings. The number of benzene rings is 3. The van der Waals surface area contributed by atoms with Gasteiger partial charge in [0, 0.05) is 28.4 Å². The first-order chi connectivity index (χ1) is 14.1. The Kier molecular flexibility index (Phi) is 5.83. The van der Waals surface area contributed by atoms with Crippen LogP contribution in [0.5, 0.6) is 0 Å². The summed E-state index contributed by atoms with van der Waals surface area (Å²) in [6.07, 6.45) is 0. The second-order valence-electron chi connectivity index (χ2n) is 6.55. The summed E-state index contributed by atoms with van der Waals surface area (Å²) >= 11 is 2.97. The molecule has 0 bridgehead atoms. The van der Waals surface area contributed by atoms with E-state index in [9.17, 15) is 9.59 Å². The quantitative estimate of drug-likeness (QED) is 0.412. The summed E-state index contributed by atoms with van der Waals surface area (Å²) in [6, 6.07) is 23.5. The fraction of sp³-hybridized carbons (Fsp3) is 0.130. The van der Waals surface area contributed by atoms with Crippen LogP contribution in [0.3, 0.4) is 0 Å². The summed E-state index contributed by atoms with van der Waals surface area (Å²) in [5, 5.41) is 2.93. The highest BCUT2D eigenvalue weighted by Gasteiger charge is 2.10. The number of thioether (sulfide) groups is 1. The van der Waals surface area contributed by atoms with Crippen molar-refractivity contribution in [3.63, 3.8) is 0 Å². The van der Waals surface area contributed by atoms with E-state index in [0.717, 1.165) is 16.0 Å². The van der Waals surface area contributed by atoms with E-state index in [4.69, 9.17) is 0 Å². The summed E-state index contributed by atoms with van der Waals surface area (Å²) in [6.45, 7) is 2.59. The van der Waals surface area contributed by atoms with Gasteiger partial charge in [0.05, 0.1) is 10.2 Å². The highest BCUT2D eigenvalue weighted by atomic mass is 32.2. The van der Waals surface area contributed by atoms with Crippen molar-refractivity contribution in [2.45, 2.75) is 24.1 Å². The third kappa shape index (κ3) is 4.44. The number of aryl methyl sites for hydroxylation is 1. The van der Waals surface area contributed by atoms with E-state index >= 15 is 0 Å². The van der Waals surface area contributed by atoms with Gasteiger partial charge in [-0.25, -0.2) is 0 Å². The molecule has 1 heterocycles. The summed E-state index contributed by atoms with van der Waals surface area (Å²) in [5.41, 5.74) is 3.37. The number of nitrogens with one attached hydrogen (secondary N) is 1. The zero-order valence-corrected chi connectivity index (χ0v) is 17.6. The maximum Gasteiger partial charge on any atom is 0.308 e. The number of anilines is 1. The normalized spacial score (nSPS) is 10.9. The Balaban J connectivity index is 1.43. The lowest BCUT2D eigenvalue weighted by Crippen LogP contribution is -2.12. The number of carbonyl (C=O) groups excluding carboxylic acids is 1. The molecular weight excluding hydrogens is 400 g/mol. The number of fused-ring (bicyclic) bond motifs is 1. The van der Waals surface area contributed by atoms with Crippen LogP contribution < -0.4 is 10.2 Å². The van der Waals surface area contributed by atoms with Crippen molar-refractivity contribution in [3.05, 3.63) is 93.6 Å². The Morgan fingerprint density at radius 3 is 2.52 bits per heavy atom. The predicted octanol–water partition coefficient (Wildman–Crippen LogP) is 5.63. The molecular formula is C23H20N2O2S2. The molecule has 0 unspecified atom stereocenters. The molecule has 4 rings (SSSR count). The molecule has 0 spiro atoms. The first kappa shape index (κ1) is 19.5. The molecule has 0 aliphatic heterocycles. The van der Waals surface area contributed by atoms with Crippen molar-refractivity contribution in [2.24, 2.45) is 0 Å². The van der Waals surface area contributed by atoms with Crippen LogP contribution in [0.4, 0.5) is 5.69 Å². The molecule has 146 valence electrons. The number of carbonyl (C=O) groups is 1. The van der Waals surface area contributed by atoms with Crippen LogP contribution in [0.1, 0.15) is 22.8 Å². The smallest absolute Gasteiger partial charge is 0.308 e. The molecule has 4 nitrogen and oxygen atoms in total. The largest absolute Gasteiger partial charge is 0.322 e. The topological polar surface area (TPSA) is 51.1 Å². The Hall–Kier alpha value is -2.83. The van der Waals surface area contributed by atoms with Gasteiger partial charge >= 0.3 is 4.87 Å². The zero-order valence-electron chi connectivity index (χ0n) is 15.9. The molecule has 3 aromatic carbocycles. The molecule has 1 aromatic heterocycles. The van der Waals surface area contributed by atoms with Crippen LogP contribution in [0.2, 0.25) is 0 Å². The minimum absolute atomic E-state index is 0.0231. The van der Waals surface area contributed by atoms with Crippen LogP contribution in [-0.4, -0.2) is 10.5 Å². The van der Waals surface area contributed by atoms with E-state index in [1.54, 1.807) is 16.3 Å². The molecule has 0 atom stereocenters. The van der Waals surface area contributed by atoms with Crippen molar-refractivity contribution in [2.75, 3.05) is 5.32 Å². The van der Waals surface area contributed by atoms with E-state index < -0.39 is 0 Å². The van der Waals surface area contributed by atoms with Crippen molar-refractivity contribution >= 4 is 44.9 Å². The van der Waals surface area contributed by atoms with Gasteiger partial charge in [0.25, 0.3) is 5.91 Å². The van der Waals surface area contributed by atoms with Gasteiger partial charge in [-0.1, -0.05) is 41.7 Å². The van der Waals surface area contributed by atoms with Gasteiger partial charge in [-0.05, 0) is 55.0 Å². The van der Waals surface area contributed by atoms with Gasteiger partial charge in [-0.2, -0.15) is 0 Å². The third-order valence-electron chi connectivity index (χ3n) is 4.61. The summed E-state index contributed by atoms with van der Waals surface area (Å²) in [4.78, 5) is 25.8. The Morgan fingerprint density at radius 1 is 1.03 bits per heavy atom. The van der Waals surface area contributed by atoms with Gasteiger partial charge in [-0.15, -0.1) is 11.8 Å². The zero-order chi connectivity index (χ0) is 20.2. The van der Waals surface area contributed by atoms with Gasteiger partial charge in [-0.3, -0.25) is 14.2 Å². The summed E-state index contributed by atoms with van der Waals surface area (Å²) in [5.74, 6) is 0.699. The van der Waals surface area contributed by atoms with Crippen LogP contribution >= 0.6 is 23.1 Å². The average Bonchev–Trinajstić information content (AvgIpc) is 3.07. The predicted molar refractivity (Wildman–Crippen MR) is 122 cm³/mol. The minimum Gasteiger partial charge on any atom is -0.322 e. The average molecular weight is 421 g/mol. The minimum atomic E-state index is -0.158. The number of hydrogen-bond donors (Lipinski definition) is 1. The maximum absolute atomic E-state index is 12.6. The fourth-order valence-corrected chi connectivity index (χ4v) is 4.95. The number of hydrogen-bond acceptors (Lipinski definition) is 4. The van der Waals surface area contributed by atoms with E-state index in [1.807, 2.05) is 67.6 Å². The molecule has 0 radical (unpaired) electrons. The van der Waals surface area contributed by atoms with E-state index in [1.165, 1.54) is 21.8 Å². The number of rotatable bonds is 6. The van der Waals surface area contributed by atoms with Crippen LogP contribution in [0.25, 0.3) is 10.2 Å². The Labute approximate surface area is 177 Å². The highest BCUT2D eigenvalue weighted by molar-refractivity contribution is 7.98. The van der Waals surface area contributed by atoms with Crippen molar-refractivity contribution in [1.29, 1.82) is 0 Å². The first-order valence-electron chi connectivity index (χ1n) is 9.35. The van der Waals surface area contributed by atoms with Gasteiger partial charge in [0.15, 0.2) is 0 Å². The highest BCUT2D eigenvalue weighted by Crippen LogP contribution is 2.24. The van der Waals surface area contributed by atoms with Crippen LogP contribution in [0.15, 0.2) is 82.5 Å². The lowest BCUT2D eigenvalue weighted by atomic mass is 10.1. The third-order valence-corrected chi connectivity index (χ3v) is 6.63.